The van der Waals surface area contributed by atoms with Gasteiger partial charge in [0.05, 0.1) is 29.5 Å². The minimum absolute atomic E-state index is 0.00741. The summed E-state index contributed by atoms with van der Waals surface area (Å²) in [6.45, 7) is 4.05. The molecule has 0 unspecified atom stereocenters. The van der Waals surface area contributed by atoms with Crippen LogP contribution in [0, 0.1) is 13.8 Å². The smallest absolute Gasteiger partial charge is 0.235 e. The maximum atomic E-state index is 12.4. The number of ether oxygens (including phenoxy) is 1. The number of para-hydroxylation sites is 1. The zero-order chi connectivity index (χ0) is 19.0. The zero-order valence-corrected chi connectivity index (χ0v) is 16.3. The van der Waals surface area contributed by atoms with E-state index < -0.39 is 0 Å². The van der Waals surface area contributed by atoms with E-state index in [1.54, 1.807) is 18.9 Å². The highest BCUT2D eigenvalue weighted by Gasteiger charge is 2.30. The van der Waals surface area contributed by atoms with Crippen molar-refractivity contribution in [2.45, 2.75) is 19.1 Å². The molecule has 0 saturated carbocycles. The number of rotatable bonds is 3. The monoisotopic (exact) mass is 379 g/mol. The van der Waals surface area contributed by atoms with Gasteiger partial charge in [0.25, 0.3) is 0 Å². The van der Waals surface area contributed by atoms with E-state index >= 15 is 0 Å². The van der Waals surface area contributed by atoms with Crippen molar-refractivity contribution in [3.05, 3.63) is 70.9 Å². The average molecular weight is 379 g/mol. The van der Waals surface area contributed by atoms with Crippen LogP contribution in [0.15, 0.2) is 48.5 Å². The minimum atomic E-state index is -0.00741. The number of fused-ring (bicyclic) bond motifs is 1. The van der Waals surface area contributed by atoms with E-state index in [2.05, 4.69) is 17.4 Å². The van der Waals surface area contributed by atoms with Crippen LogP contribution in [0.3, 0.4) is 0 Å². The zero-order valence-electron chi connectivity index (χ0n) is 15.5. The highest BCUT2D eigenvalue weighted by molar-refractivity contribution is 8.00. The molecule has 1 amide bonds. The number of carbonyl (C=O) groups excluding carboxylic acids is 1. The van der Waals surface area contributed by atoms with E-state index in [0.717, 1.165) is 39.6 Å². The Hall–Kier alpha value is -2.73. The number of hydrogen-bond donors (Lipinski definition) is 1. The van der Waals surface area contributed by atoms with Crippen molar-refractivity contribution in [2.75, 3.05) is 18.2 Å². The number of hydrogen-bond acceptors (Lipinski definition) is 4. The molecule has 27 heavy (non-hydrogen) atoms. The third-order valence-electron chi connectivity index (χ3n) is 4.77. The summed E-state index contributed by atoms with van der Waals surface area (Å²) < 4.78 is 7.14. The lowest BCUT2D eigenvalue weighted by atomic mass is 10.0. The first-order chi connectivity index (χ1) is 13.1. The molecule has 4 rings (SSSR count). The molecular formula is C21H21N3O2S. The number of nitrogens with one attached hydrogen (secondary N) is 1. The standard InChI is InChI=1S/C21H21N3O2S/c1-13-6-4-5-7-17(13)24-21-19(14(2)23-24)20(27-12-18(25)22-21)15-8-10-16(26-3)11-9-15/h4-11,20H,12H2,1-3H3,(H,22,25)/t20-/m1/s1. The Bertz CT molecular complexity index is 995. The summed E-state index contributed by atoms with van der Waals surface area (Å²) in [4.78, 5) is 12.4. The second kappa shape index (κ2) is 7.12. The first-order valence-electron chi connectivity index (χ1n) is 8.79. The Labute approximate surface area is 162 Å². The predicted octanol–water partition coefficient (Wildman–Crippen LogP) is 4.27. The molecule has 1 aliphatic rings. The quantitative estimate of drug-likeness (QED) is 0.738. The largest absolute Gasteiger partial charge is 0.497 e. The van der Waals surface area contributed by atoms with Gasteiger partial charge in [0.1, 0.15) is 11.6 Å². The Kier molecular flexibility index (Phi) is 4.66. The number of methoxy groups -OCH3 is 1. The molecule has 5 nitrogen and oxygen atoms in total. The van der Waals surface area contributed by atoms with Crippen LogP contribution >= 0.6 is 11.8 Å². The molecule has 138 valence electrons. The maximum Gasteiger partial charge on any atom is 0.235 e. The number of benzene rings is 2. The second-order valence-electron chi connectivity index (χ2n) is 6.56. The molecule has 6 heteroatoms. The lowest BCUT2D eigenvalue weighted by Gasteiger charge is -2.16. The number of amides is 1. The summed E-state index contributed by atoms with van der Waals surface area (Å²) in [5, 5.41) is 7.88. The van der Waals surface area contributed by atoms with Crippen molar-refractivity contribution >= 4 is 23.5 Å². The van der Waals surface area contributed by atoms with Crippen LogP contribution in [0.1, 0.15) is 27.6 Å². The van der Waals surface area contributed by atoms with Gasteiger partial charge in [0, 0.05) is 5.56 Å². The number of carbonyl (C=O) groups is 1. The van der Waals surface area contributed by atoms with Gasteiger partial charge in [-0.15, -0.1) is 11.8 Å². The Morgan fingerprint density at radius 3 is 2.59 bits per heavy atom. The fourth-order valence-corrected chi connectivity index (χ4v) is 4.59. The van der Waals surface area contributed by atoms with E-state index in [4.69, 9.17) is 9.84 Å². The van der Waals surface area contributed by atoms with E-state index in [1.165, 1.54) is 0 Å². The lowest BCUT2D eigenvalue weighted by Crippen LogP contribution is -2.16. The first-order valence-corrected chi connectivity index (χ1v) is 9.84. The van der Waals surface area contributed by atoms with Gasteiger partial charge >= 0.3 is 0 Å². The highest BCUT2D eigenvalue weighted by atomic mass is 32.2. The molecule has 0 saturated heterocycles. The molecule has 1 aliphatic heterocycles. The van der Waals surface area contributed by atoms with Gasteiger partial charge in [0.15, 0.2) is 0 Å². The van der Waals surface area contributed by atoms with Gasteiger partial charge in [-0.1, -0.05) is 30.3 Å². The van der Waals surface area contributed by atoms with Crippen molar-refractivity contribution in [3.63, 3.8) is 0 Å². The molecule has 0 radical (unpaired) electrons. The summed E-state index contributed by atoms with van der Waals surface area (Å²) in [7, 11) is 1.66. The predicted molar refractivity (Wildman–Crippen MR) is 109 cm³/mol. The second-order valence-corrected chi connectivity index (χ2v) is 7.65. The summed E-state index contributed by atoms with van der Waals surface area (Å²) >= 11 is 1.62. The van der Waals surface area contributed by atoms with Gasteiger partial charge in [-0.2, -0.15) is 5.10 Å². The molecule has 3 aromatic rings. The van der Waals surface area contributed by atoms with Gasteiger partial charge < -0.3 is 10.1 Å². The third-order valence-corrected chi connectivity index (χ3v) is 6.04. The topological polar surface area (TPSA) is 56.1 Å². The molecule has 1 aromatic heterocycles. The molecular weight excluding hydrogens is 358 g/mol. The molecule has 0 aliphatic carbocycles. The van der Waals surface area contributed by atoms with Crippen LogP contribution in [0.25, 0.3) is 5.69 Å². The van der Waals surface area contributed by atoms with Crippen molar-refractivity contribution in [3.8, 4) is 11.4 Å². The van der Waals surface area contributed by atoms with Crippen molar-refractivity contribution in [1.29, 1.82) is 0 Å². The SMILES string of the molecule is COc1ccc([C@H]2SCC(=O)Nc3c2c(C)nn3-c2ccccc2C)cc1. The molecule has 0 bridgehead atoms. The summed E-state index contributed by atoms with van der Waals surface area (Å²) in [5.41, 5.74) is 5.19. The Morgan fingerprint density at radius 1 is 1.15 bits per heavy atom. The molecule has 1 N–H and O–H groups in total. The minimum Gasteiger partial charge on any atom is -0.497 e. The van der Waals surface area contributed by atoms with Crippen molar-refractivity contribution < 1.29 is 9.53 Å². The summed E-state index contributed by atoms with van der Waals surface area (Å²) in [6, 6.07) is 16.1. The normalized spacial score (nSPS) is 16.4. The van der Waals surface area contributed by atoms with Crippen molar-refractivity contribution in [2.24, 2.45) is 0 Å². The van der Waals surface area contributed by atoms with E-state index in [1.807, 2.05) is 54.9 Å². The van der Waals surface area contributed by atoms with Crippen LogP contribution in [-0.4, -0.2) is 28.6 Å². The molecule has 2 heterocycles. The summed E-state index contributed by atoms with van der Waals surface area (Å²) in [5.74, 6) is 1.97. The summed E-state index contributed by atoms with van der Waals surface area (Å²) in [6.07, 6.45) is 0. The van der Waals surface area contributed by atoms with Crippen LogP contribution in [0.5, 0.6) is 5.75 Å². The Balaban J connectivity index is 1.87. The van der Waals surface area contributed by atoms with Gasteiger partial charge in [-0.05, 0) is 43.2 Å². The number of nitrogens with zero attached hydrogens (tertiary/aromatic N) is 2. The van der Waals surface area contributed by atoms with E-state index in [-0.39, 0.29) is 11.2 Å². The molecule has 0 spiro atoms. The molecule has 1 atom stereocenters. The van der Waals surface area contributed by atoms with Crippen LogP contribution in [-0.2, 0) is 4.79 Å². The van der Waals surface area contributed by atoms with Crippen LogP contribution in [0.4, 0.5) is 5.82 Å². The Morgan fingerprint density at radius 2 is 1.89 bits per heavy atom. The fourth-order valence-electron chi connectivity index (χ4n) is 3.40. The van der Waals surface area contributed by atoms with Crippen molar-refractivity contribution in [1.82, 2.24) is 9.78 Å². The number of anilines is 1. The number of thioether (sulfide) groups is 1. The van der Waals surface area contributed by atoms with E-state index in [0.29, 0.717) is 5.75 Å². The molecule has 2 aromatic carbocycles. The van der Waals surface area contributed by atoms with Gasteiger partial charge in [-0.25, -0.2) is 4.68 Å². The maximum absolute atomic E-state index is 12.4. The highest BCUT2D eigenvalue weighted by Crippen LogP contribution is 2.44. The fraction of sp³-hybridized carbons (Fsp3) is 0.238. The first kappa shape index (κ1) is 17.7. The van der Waals surface area contributed by atoms with Gasteiger partial charge in [0.2, 0.25) is 5.91 Å². The third kappa shape index (κ3) is 3.21. The van der Waals surface area contributed by atoms with Crippen LogP contribution < -0.4 is 10.1 Å². The van der Waals surface area contributed by atoms with E-state index in [9.17, 15) is 4.79 Å². The lowest BCUT2D eigenvalue weighted by molar-refractivity contribution is -0.113. The molecule has 0 fully saturated rings. The number of aromatic nitrogens is 2. The van der Waals surface area contributed by atoms with Crippen LogP contribution in [0.2, 0.25) is 0 Å². The number of aryl methyl sites for hydroxylation is 2. The van der Waals surface area contributed by atoms with Gasteiger partial charge in [-0.3, -0.25) is 4.79 Å². The average Bonchev–Trinajstić information content (AvgIpc) is 2.88.